The lowest BCUT2D eigenvalue weighted by molar-refractivity contribution is 0.0226. The van der Waals surface area contributed by atoms with Gasteiger partial charge in [0.2, 0.25) is 0 Å². The summed E-state index contributed by atoms with van der Waals surface area (Å²) in [5, 5.41) is 0. The average molecular weight is 283 g/mol. The molecule has 0 aromatic carbocycles. The zero-order valence-corrected chi connectivity index (χ0v) is 12.2. The van der Waals surface area contributed by atoms with Crippen LogP contribution >= 0.6 is 11.8 Å². The number of hydrogen-bond donors (Lipinski definition) is 0. The summed E-state index contributed by atoms with van der Waals surface area (Å²) in [6.07, 6.45) is 4.40. The van der Waals surface area contributed by atoms with E-state index in [1.165, 1.54) is 0 Å². The molecule has 2 rings (SSSR count). The van der Waals surface area contributed by atoms with Gasteiger partial charge in [-0.05, 0) is 24.5 Å². The minimum absolute atomic E-state index is 0.0488. The molecule has 1 fully saturated rings. The number of nitrogens with zero attached hydrogens (tertiary/aromatic N) is 1. The first kappa shape index (κ1) is 14.6. The second kappa shape index (κ2) is 7.72. The van der Waals surface area contributed by atoms with Crippen LogP contribution in [0.3, 0.4) is 0 Å². The molecule has 1 aromatic heterocycles. The van der Waals surface area contributed by atoms with Gasteiger partial charge in [0, 0.05) is 37.4 Å². The SMILES string of the molecule is Cn1ccc(CSCCOC[C@@H]2CCCO2)cc1=O. The molecule has 1 aromatic rings. The van der Waals surface area contributed by atoms with Crippen LogP contribution < -0.4 is 5.56 Å². The summed E-state index contributed by atoms with van der Waals surface area (Å²) in [5.74, 6) is 1.81. The molecule has 1 saturated heterocycles. The fraction of sp³-hybridized carbons (Fsp3) is 0.643. The van der Waals surface area contributed by atoms with E-state index in [4.69, 9.17) is 9.47 Å². The van der Waals surface area contributed by atoms with Gasteiger partial charge in [0.05, 0.1) is 19.3 Å². The molecule has 0 amide bonds. The van der Waals surface area contributed by atoms with Gasteiger partial charge in [0.15, 0.2) is 0 Å². The molecule has 0 aliphatic carbocycles. The van der Waals surface area contributed by atoms with Crippen molar-refractivity contribution in [2.45, 2.75) is 24.7 Å². The number of thioether (sulfide) groups is 1. The first-order chi connectivity index (χ1) is 9.25. The highest BCUT2D eigenvalue weighted by atomic mass is 32.2. The number of rotatable bonds is 7. The Hall–Kier alpha value is -0.780. The maximum Gasteiger partial charge on any atom is 0.250 e. The summed E-state index contributed by atoms with van der Waals surface area (Å²) in [7, 11) is 1.76. The Morgan fingerprint density at radius 3 is 3.21 bits per heavy atom. The van der Waals surface area contributed by atoms with Gasteiger partial charge in [-0.25, -0.2) is 0 Å². The molecule has 0 N–H and O–H groups in total. The van der Waals surface area contributed by atoms with Gasteiger partial charge in [0.25, 0.3) is 5.56 Å². The van der Waals surface area contributed by atoms with Crippen LogP contribution in [-0.4, -0.2) is 36.2 Å². The first-order valence-corrected chi connectivity index (χ1v) is 7.84. The van der Waals surface area contributed by atoms with E-state index in [1.807, 2.05) is 12.3 Å². The molecule has 2 heterocycles. The molecule has 0 saturated carbocycles. The van der Waals surface area contributed by atoms with Gasteiger partial charge in [-0.15, -0.1) is 0 Å². The molecule has 106 valence electrons. The lowest BCUT2D eigenvalue weighted by Crippen LogP contribution is -2.15. The maximum atomic E-state index is 11.4. The molecule has 0 spiro atoms. The van der Waals surface area contributed by atoms with Crippen LogP contribution in [0.25, 0.3) is 0 Å². The molecule has 0 bridgehead atoms. The van der Waals surface area contributed by atoms with Crippen molar-refractivity contribution in [3.05, 3.63) is 34.2 Å². The van der Waals surface area contributed by atoms with E-state index in [1.54, 1.807) is 29.4 Å². The third-order valence-electron chi connectivity index (χ3n) is 3.14. The standard InChI is InChI=1S/C14H21NO3S/c1-15-5-4-12(9-14(15)16)11-19-8-7-17-10-13-3-2-6-18-13/h4-5,9,13H,2-3,6-8,10-11H2,1H3/t13-/m0/s1. The second-order valence-corrected chi connectivity index (χ2v) is 5.85. The molecule has 0 radical (unpaired) electrons. The molecule has 4 nitrogen and oxygen atoms in total. The van der Waals surface area contributed by atoms with E-state index in [9.17, 15) is 4.79 Å². The quantitative estimate of drug-likeness (QED) is 0.716. The van der Waals surface area contributed by atoms with Gasteiger partial charge in [-0.1, -0.05) is 0 Å². The van der Waals surface area contributed by atoms with Crippen molar-refractivity contribution in [2.24, 2.45) is 7.05 Å². The van der Waals surface area contributed by atoms with Gasteiger partial charge in [0.1, 0.15) is 0 Å². The highest BCUT2D eigenvalue weighted by Gasteiger charge is 2.14. The summed E-state index contributed by atoms with van der Waals surface area (Å²) in [6.45, 7) is 2.34. The normalized spacial score (nSPS) is 18.9. The van der Waals surface area contributed by atoms with Crippen molar-refractivity contribution in [3.63, 3.8) is 0 Å². The fourth-order valence-corrected chi connectivity index (χ4v) is 2.77. The van der Waals surface area contributed by atoms with Crippen molar-refractivity contribution in [1.29, 1.82) is 0 Å². The van der Waals surface area contributed by atoms with Crippen molar-refractivity contribution in [2.75, 3.05) is 25.6 Å². The smallest absolute Gasteiger partial charge is 0.250 e. The minimum atomic E-state index is 0.0488. The van der Waals surface area contributed by atoms with Crippen LogP contribution in [-0.2, 0) is 22.3 Å². The predicted octanol–water partition coefficient (Wildman–Crippen LogP) is 1.81. The Bertz CT molecular complexity index is 441. The highest BCUT2D eigenvalue weighted by molar-refractivity contribution is 7.98. The third kappa shape index (κ3) is 5.01. The number of aryl methyl sites for hydroxylation is 1. The molecule has 19 heavy (non-hydrogen) atoms. The molecule has 1 aliphatic heterocycles. The zero-order chi connectivity index (χ0) is 13.5. The third-order valence-corrected chi connectivity index (χ3v) is 4.13. The van der Waals surface area contributed by atoms with Crippen LogP contribution in [0.1, 0.15) is 18.4 Å². The zero-order valence-electron chi connectivity index (χ0n) is 11.3. The molecule has 5 heteroatoms. The number of ether oxygens (including phenoxy) is 2. The number of pyridine rings is 1. The number of aromatic nitrogens is 1. The summed E-state index contributed by atoms with van der Waals surface area (Å²) >= 11 is 1.79. The topological polar surface area (TPSA) is 40.5 Å². The van der Waals surface area contributed by atoms with E-state index in [-0.39, 0.29) is 5.56 Å². The maximum absolute atomic E-state index is 11.4. The lowest BCUT2D eigenvalue weighted by atomic mass is 10.2. The van der Waals surface area contributed by atoms with Gasteiger partial charge >= 0.3 is 0 Å². The molecular formula is C14H21NO3S. The Kier molecular flexibility index (Phi) is 5.94. The summed E-state index contributed by atoms with van der Waals surface area (Å²) < 4.78 is 12.7. The van der Waals surface area contributed by atoms with E-state index in [0.29, 0.717) is 12.7 Å². The average Bonchev–Trinajstić information content (AvgIpc) is 2.91. The van der Waals surface area contributed by atoms with Crippen molar-refractivity contribution in [3.8, 4) is 0 Å². The van der Waals surface area contributed by atoms with Gasteiger partial charge in [-0.3, -0.25) is 4.79 Å². The van der Waals surface area contributed by atoms with Crippen molar-refractivity contribution >= 4 is 11.8 Å². The Morgan fingerprint density at radius 2 is 2.47 bits per heavy atom. The summed E-state index contributed by atoms with van der Waals surface area (Å²) in [4.78, 5) is 11.4. The highest BCUT2D eigenvalue weighted by Crippen LogP contribution is 2.13. The van der Waals surface area contributed by atoms with Crippen molar-refractivity contribution < 1.29 is 9.47 Å². The predicted molar refractivity (Wildman–Crippen MR) is 77.6 cm³/mol. The molecule has 1 atom stereocenters. The summed E-state index contributed by atoms with van der Waals surface area (Å²) in [5.41, 5.74) is 1.12. The second-order valence-electron chi connectivity index (χ2n) is 4.75. The summed E-state index contributed by atoms with van der Waals surface area (Å²) in [6, 6.07) is 3.68. The van der Waals surface area contributed by atoms with Gasteiger partial charge in [-0.2, -0.15) is 11.8 Å². The molecule has 1 aliphatic rings. The van der Waals surface area contributed by atoms with Crippen LogP contribution in [0.15, 0.2) is 23.1 Å². The van der Waals surface area contributed by atoms with Crippen LogP contribution in [0.5, 0.6) is 0 Å². The van der Waals surface area contributed by atoms with E-state index in [0.717, 1.165) is 43.1 Å². The van der Waals surface area contributed by atoms with Crippen LogP contribution in [0.4, 0.5) is 0 Å². The Balaban J connectivity index is 1.56. The lowest BCUT2D eigenvalue weighted by Gasteiger charge is -2.09. The van der Waals surface area contributed by atoms with Crippen LogP contribution in [0.2, 0.25) is 0 Å². The first-order valence-electron chi connectivity index (χ1n) is 6.68. The van der Waals surface area contributed by atoms with Gasteiger partial charge < -0.3 is 14.0 Å². The fourth-order valence-electron chi connectivity index (χ4n) is 1.98. The van der Waals surface area contributed by atoms with E-state index in [2.05, 4.69) is 0 Å². The number of hydrogen-bond acceptors (Lipinski definition) is 4. The molecular weight excluding hydrogens is 262 g/mol. The monoisotopic (exact) mass is 283 g/mol. The van der Waals surface area contributed by atoms with E-state index < -0.39 is 0 Å². The molecule has 0 unspecified atom stereocenters. The van der Waals surface area contributed by atoms with Crippen LogP contribution in [0, 0.1) is 0 Å². The largest absolute Gasteiger partial charge is 0.378 e. The minimum Gasteiger partial charge on any atom is -0.378 e. The Labute approximate surface area is 118 Å². The van der Waals surface area contributed by atoms with Crippen molar-refractivity contribution in [1.82, 2.24) is 4.57 Å². The Morgan fingerprint density at radius 1 is 1.58 bits per heavy atom. The van der Waals surface area contributed by atoms with E-state index >= 15 is 0 Å².